The number of nitrogens with zero attached hydrogens (tertiary/aromatic N) is 2. The fourth-order valence-corrected chi connectivity index (χ4v) is 2.90. The summed E-state index contributed by atoms with van der Waals surface area (Å²) in [5.74, 6) is -0.755. The first-order valence-corrected chi connectivity index (χ1v) is 8.74. The number of carbonyl (C=O) groups is 3. The zero-order valence-corrected chi connectivity index (χ0v) is 15.4. The van der Waals surface area contributed by atoms with E-state index in [4.69, 9.17) is 0 Å². The molecule has 9 heteroatoms. The van der Waals surface area contributed by atoms with Crippen LogP contribution in [0.1, 0.15) is 30.5 Å². The van der Waals surface area contributed by atoms with Crippen molar-refractivity contribution in [1.29, 1.82) is 0 Å². The van der Waals surface area contributed by atoms with Crippen molar-refractivity contribution in [2.75, 3.05) is 17.7 Å². The Hall–Kier alpha value is -3.46. The van der Waals surface area contributed by atoms with Crippen LogP contribution in [0.15, 0.2) is 47.8 Å². The molecule has 0 aliphatic carbocycles. The highest BCUT2D eigenvalue weighted by atomic mass is 32.1. The summed E-state index contributed by atoms with van der Waals surface area (Å²) in [6.07, 6.45) is 0. The molecule has 0 aliphatic heterocycles. The van der Waals surface area contributed by atoms with Crippen molar-refractivity contribution in [2.45, 2.75) is 0 Å². The fraction of sp³-hybridized carbons (Fsp3) is 0.111. The lowest BCUT2D eigenvalue weighted by Gasteiger charge is -2.04. The average Bonchev–Trinajstić information content (AvgIpc) is 3.32. The topological polar surface area (TPSA) is 102 Å². The van der Waals surface area contributed by atoms with Crippen LogP contribution in [0.4, 0.5) is 11.5 Å². The monoisotopic (exact) mass is 384 g/mol. The molecular weight excluding hydrogens is 368 g/mol. The Morgan fingerprint density at radius 3 is 2.44 bits per heavy atom. The lowest BCUT2D eigenvalue weighted by Crippen LogP contribution is -2.13. The number of amides is 2. The molecule has 2 heterocycles. The molecule has 0 spiro atoms. The van der Waals surface area contributed by atoms with Crippen molar-refractivity contribution in [3.63, 3.8) is 0 Å². The predicted octanol–water partition coefficient (Wildman–Crippen LogP) is 2.77. The van der Waals surface area contributed by atoms with Crippen LogP contribution in [-0.4, -0.2) is 34.7 Å². The quantitative estimate of drug-likeness (QED) is 0.659. The minimum absolute atomic E-state index is 0.149. The fourth-order valence-electron chi connectivity index (χ4n) is 2.28. The van der Waals surface area contributed by atoms with Crippen molar-refractivity contribution in [2.24, 2.45) is 7.05 Å². The van der Waals surface area contributed by atoms with Gasteiger partial charge in [-0.1, -0.05) is 6.07 Å². The van der Waals surface area contributed by atoms with E-state index in [0.717, 1.165) is 0 Å². The SMILES string of the molecule is COC(=O)c1ccc(NC(=O)c2cc(NC(=O)c3cccs3)n(C)n2)cc1. The van der Waals surface area contributed by atoms with Gasteiger partial charge in [-0.3, -0.25) is 14.3 Å². The molecule has 3 aromatic rings. The Kier molecular flexibility index (Phi) is 5.32. The molecule has 27 heavy (non-hydrogen) atoms. The number of hydrogen-bond donors (Lipinski definition) is 2. The first-order chi connectivity index (χ1) is 13.0. The van der Waals surface area contributed by atoms with Crippen LogP contribution in [0.2, 0.25) is 0 Å². The molecule has 1 aromatic carbocycles. The van der Waals surface area contributed by atoms with E-state index in [-0.39, 0.29) is 11.6 Å². The van der Waals surface area contributed by atoms with Crippen LogP contribution in [-0.2, 0) is 11.8 Å². The van der Waals surface area contributed by atoms with Crippen molar-refractivity contribution in [3.05, 3.63) is 64.0 Å². The van der Waals surface area contributed by atoms with Crippen molar-refractivity contribution in [3.8, 4) is 0 Å². The van der Waals surface area contributed by atoms with Crippen LogP contribution in [0, 0.1) is 0 Å². The number of anilines is 2. The Bertz CT molecular complexity index is 977. The number of hydrogen-bond acceptors (Lipinski definition) is 6. The Morgan fingerprint density at radius 1 is 1.07 bits per heavy atom. The molecule has 2 N–H and O–H groups in total. The summed E-state index contributed by atoms with van der Waals surface area (Å²) >= 11 is 1.32. The number of rotatable bonds is 5. The lowest BCUT2D eigenvalue weighted by molar-refractivity contribution is 0.0600. The van der Waals surface area contributed by atoms with Gasteiger partial charge in [-0.05, 0) is 35.7 Å². The molecule has 0 saturated carbocycles. The molecule has 0 radical (unpaired) electrons. The molecule has 2 amide bonds. The summed E-state index contributed by atoms with van der Waals surface area (Å²) in [6, 6.07) is 11.3. The highest BCUT2D eigenvalue weighted by Gasteiger charge is 2.16. The lowest BCUT2D eigenvalue weighted by atomic mass is 10.2. The first-order valence-electron chi connectivity index (χ1n) is 7.86. The minimum Gasteiger partial charge on any atom is -0.465 e. The van der Waals surface area contributed by atoms with Gasteiger partial charge in [0.2, 0.25) is 0 Å². The van der Waals surface area contributed by atoms with Crippen molar-refractivity contribution in [1.82, 2.24) is 9.78 Å². The molecule has 0 atom stereocenters. The number of esters is 1. The zero-order chi connectivity index (χ0) is 19.4. The molecule has 0 bridgehead atoms. The van der Waals surface area contributed by atoms with E-state index in [1.807, 2.05) is 5.38 Å². The van der Waals surface area contributed by atoms with Gasteiger partial charge < -0.3 is 15.4 Å². The molecular formula is C18H16N4O4S. The second-order valence-corrected chi connectivity index (χ2v) is 6.44. The number of ether oxygens (including phenoxy) is 1. The maximum absolute atomic E-state index is 12.4. The van der Waals surface area contributed by atoms with Gasteiger partial charge >= 0.3 is 5.97 Å². The first kappa shape index (κ1) is 18.3. The van der Waals surface area contributed by atoms with E-state index in [1.165, 1.54) is 29.2 Å². The molecule has 138 valence electrons. The Balaban J connectivity index is 1.68. The van der Waals surface area contributed by atoms with Crippen LogP contribution in [0.25, 0.3) is 0 Å². The summed E-state index contributed by atoms with van der Waals surface area (Å²) < 4.78 is 6.05. The number of carbonyl (C=O) groups excluding carboxylic acids is 3. The molecule has 3 rings (SSSR count). The van der Waals surface area contributed by atoms with Gasteiger partial charge in [-0.15, -0.1) is 11.3 Å². The van der Waals surface area contributed by atoms with E-state index < -0.39 is 11.9 Å². The second kappa shape index (κ2) is 7.83. The van der Waals surface area contributed by atoms with Gasteiger partial charge in [-0.25, -0.2) is 4.79 Å². The molecule has 2 aromatic heterocycles. The van der Waals surface area contributed by atoms with Gasteiger partial charge in [0.25, 0.3) is 11.8 Å². The second-order valence-electron chi connectivity index (χ2n) is 5.49. The van der Waals surface area contributed by atoms with Crippen LogP contribution >= 0.6 is 11.3 Å². The van der Waals surface area contributed by atoms with Gasteiger partial charge in [0.15, 0.2) is 5.69 Å². The third-order valence-corrected chi connectivity index (χ3v) is 4.53. The molecule has 0 saturated heterocycles. The Morgan fingerprint density at radius 2 is 1.81 bits per heavy atom. The smallest absolute Gasteiger partial charge is 0.337 e. The summed E-state index contributed by atoms with van der Waals surface area (Å²) in [5, 5.41) is 11.3. The van der Waals surface area contributed by atoms with E-state index in [2.05, 4.69) is 20.5 Å². The van der Waals surface area contributed by atoms with Crippen LogP contribution in [0.5, 0.6) is 0 Å². The normalized spacial score (nSPS) is 10.3. The predicted molar refractivity (Wildman–Crippen MR) is 101 cm³/mol. The number of aromatic nitrogens is 2. The van der Waals surface area contributed by atoms with Gasteiger partial charge in [-0.2, -0.15) is 5.10 Å². The van der Waals surface area contributed by atoms with E-state index in [9.17, 15) is 14.4 Å². The standard InChI is InChI=1S/C18H16N4O4S/c1-22-15(20-17(24)14-4-3-9-27-14)10-13(21-22)16(23)19-12-7-5-11(6-8-12)18(25)26-2/h3-10H,1-2H3,(H,19,23)(H,20,24). The van der Waals surface area contributed by atoms with Gasteiger partial charge in [0.05, 0.1) is 17.6 Å². The number of aryl methyl sites for hydroxylation is 1. The minimum atomic E-state index is -0.455. The van der Waals surface area contributed by atoms with Crippen molar-refractivity contribution >= 4 is 40.6 Å². The number of benzene rings is 1. The Labute approximate surface area is 158 Å². The maximum Gasteiger partial charge on any atom is 0.337 e. The van der Waals surface area contributed by atoms with E-state index >= 15 is 0 Å². The van der Waals surface area contributed by atoms with Crippen LogP contribution in [0.3, 0.4) is 0 Å². The third-order valence-electron chi connectivity index (χ3n) is 3.66. The van der Waals surface area contributed by atoms with E-state index in [1.54, 1.807) is 43.4 Å². The summed E-state index contributed by atoms with van der Waals surface area (Å²) in [7, 11) is 2.93. The van der Waals surface area contributed by atoms with Gasteiger partial charge in [0, 0.05) is 18.8 Å². The van der Waals surface area contributed by atoms with Crippen LogP contribution < -0.4 is 10.6 Å². The zero-order valence-electron chi connectivity index (χ0n) is 14.6. The number of thiophene rings is 1. The van der Waals surface area contributed by atoms with Gasteiger partial charge in [0.1, 0.15) is 5.82 Å². The average molecular weight is 384 g/mol. The summed E-state index contributed by atoms with van der Waals surface area (Å²) in [5.41, 5.74) is 1.03. The largest absolute Gasteiger partial charge is 0.465 e. The summed E-state index contributed by atoms with van der Waals surface area (Å²) in [6.45, 7) is 0. The number of nitrogens with one attached hydrogen (secondary N) is 2. The molecule has 0 aliphatic rings. The van der Waals surface area contributed by atoms with E-state index in [0.29, 0.717) is 21.9 Å². The number of methoxy groups -OCH3 is 1. The summed E-state index contributed by atoms with van der Waals surface area (Å²) in [4.78, 5) is 36.5. The van der Waals surface area contributed by atoms with Crippen molar-refractivity contribution < 1.29 is 19.1 Å². The third kappa shape index (κ3) is 4.21. The highest BCUT2D eigenvalue weighted by Crippen LogP contribution is 2.16. The molecule has 0 fully saturated rings. The molecule has 0 unspecified atom stereocenters. The molecule has 8 nitrogen and oxygen atoms in total. The highest BCUT2D eigenvalue weighted by molar-refractivity contribution is 7.12. The maximum atomic E-state index is 12.4.